The number of rotatable bonds is 7. The van der Waals surface area contributed by atoms with E-state index in [0.717, 1.165) is 22.3 Å². The summed E-state index contributed by atoms with van der Waals surface area (Å²) in [6.45, 7) is 2.51. The highest BCUT2D eigenvalue weighted by atomic mass is 19.3. The third kappa shape index (κ3) is 4.85. The van der Waals surface area contributed by atoms with Gasteiger partial charge in [0.05, 0.1) is 6.54 Å². The highest BCUT2D eigenvalue weighted by Crippen LogP contribution is 2.44. The third-order valence-electron chi connectivity index (χ3n) is 6.93. The first-order valence-electron chi connectivity index (χ1n) is 11.7. The maximum absolute atomic E-state index is 13.9. The van der Waals surface area contributed by atoms with E-state index in [1.54, 1.807) is 13.8 Å². The van der Waals surface area contributed by atoms with E-state index in [9.17, 15) is 28.3 Å². The zero-order valence-corrected chi connectivity index (χ0v) is 19.5. The molecule has 0 unspecified atom stereocenters. The number of nitrogens with zero attached hydrogens (tertiary/aromatic N) is 1. The number of carbonyl (C=O) groups excluding carboxylic acids is 2. The van der Waals surface area contributed by atoms with Gasteiger partial charge in [-0.3, -0.25) is 4.79 Å². The number of carboxylic acid groups (broad SMARTS) is 1. The minimum atomic E-state index is -3.30. The molecule has 1 fully saturated rings. The number of ether oxygens (including phenoxy) is 1. The van der Waals surface area contributed by atoms with E-state index >= 15 is 0 Å². The number of alkyl carbamates (subject to hydrolysis) is 1. The van der Waals surface area contributed by atoms with Crippen LogP contribution >= 0.6 is 0 Å². The summed E-state index contributed by atoms with van der Waals surface area (Å²) in [6, 6.07) is 12.9. The molecule has 0 bridgehead atoms. The van der Waals surface area contributed by atoms with Gasteiger partial charge in [0.1, 0.15) is 18.7 Å². The predicted molar refractivity (Wildman–Crippen MR) is 124 cm³/mol. The Morgan fingerprint density at radius 3 is 2.23 bits per heavy atom. The van der Waals surface area contributed by atoms with Crippen LogP contribution < -0.4 is 5.32 Å². The number of amides is 2. The predicted octanol–water partition coefficient (Wildman–Crippen LogP) is 4.26. The Morgan fingerprint density at radius 2 is 1.69 bits per heavy atom. The number of fused-ring (bicyclic) bond motifs is 3. The zero-order valence-electron chi connectivity index (χ0n) is 19.5. The molecule has 35 heavy (non-hydrogen) atoms. The summed E-state index contributed by atoms with van der Waals surface area (Å²) in [5.74, 6) is -6.26. The summed E-state index contributed by atoms with van der Waals surface area (Å²) < 4.78 is 33.4. The monoisotopic (exact) mass is 486 g/mol. The van der Waals surface area contributed by atoms with Crippen LogP contribution in [-0.2, 0) is 14.3 Å². The van der Waals surface area contributed by atoms with Crippen molar-refractivity contribution in [2.75, 3.05) is 13.2 Å². The number of likely N-dealkylation sites (tertiary alicyclic amines) is 1. The molecule has 0 radical (unpaired) electrons. The Balaban J connectivity index is 1.47. The number of benzene rings is 2. The molecule has 9 heteroatoms. The van der Waals surface area contributed by atoms with Crippen LogP contribution in [-0.4, -0.2) is 59.1 Å². The Kier molecular flexibility index (Phi) is 6.78. The van der Waals surface area contributed by atoms with Crippen molar-refractivity contribution in [3.8, 4) is 11.1 Å². The van der Waals surface area contributed by atoms with Crippen LogP contribution in [0.4, 0.5) is 13.6 Å². The first-order chi connectivity index (χ1) is 16.6. The number of carbonyl (C=O) groups is 3. The molecule has 4 rings (SSSR count). The van der Waals surface area contributed by atoms with Crippen molar-refractivity contribution in [3.05, 3.63) is 59.7 Å². The van der Waals surface area contributed by atoms with Crippen molar-refractivity contribution >= 4 is 18.0 Å². The van der Waals surface area contributed by atoms with E-state index in [4.69, 9.17) is 4.74 Å². The maximum atomic E-state index is 13.9. The first-order valence-corrected chi connectivity index (χ1v) is 11.7. The van der Waals surface area contributed by atoms with Gasteiger partial charge in [-0.1, -0.05) is 68.8 Å². The molecule has 2 aromatic rings. The highest BCUT2D eigenvalue weighted by molar-refractivity contribution is 5.90. The van der Waals surface area contributed by atoms with Crippen LogP contribution in [0.5, 0.6) is 0 Å². The fourth-order valence-corrected chi connectivity index (χ4v) is 4.90. The molecule has 3 atom stereocenters. The van der Waals surface area contributed by atoms with Crippen LogP contribution in [0, 0.1) is 5.92 Å². The lowest BCUT2D eigenvalue weighted by Crippen LogP contribution is -2.54. The number of aliphatic carboxylic acids is 1. The van der Waals surface area contributed by atoms with Gasteiger partial charge in [-0.05, 0) is 28.2 Å². The second kappa shape index (κ2) is 9.64. The van der Waals surface area contributed by atoms with Gasteiger partial charge in [0, 0.05) is 12.3 Å². The van der Waals surface area contributed by atoms with Crippen LogP contribution in [0.1, 0.15) is 43.7 Å². The molecule has 1 aliphatic carbocycles. The Morgan fingerprint density at radius 1 is 1.11 bits per heavy atom. The largest absolute Gasteiger partial charge is 0.480 e. The summed E-state index contributed by atoms with van der Waals surface area (Å²) in [5.41, 5.74) is 4.19. The number of halogens is 2. The standard InChI is InChI=1S/C26H28F2N2O5/c1-3-15(2)22(23(31)30-14-26(27,28)12-21(30)24(32)33)29-25(34)35-13-20-18-10-6-4-8-16(18)17-9-5-7-11-19(17)20/h4-11,15,20-22H,3,12-14H2,1-2H3,(H,29,34)(H,32,33)/t15-,21-,22-/m0/s1. The van der Waals surface area contributed by atoms with Crippen molar-refractivity contribution in [2.24, 2.45) is 5.92 Å². The van der Waals surface area contributed by atoms with Crippen molar-refractivity contribution < 1.29 is 33.0 Å². The molecule has 1 saturated heterocycles. The summed E-state index contributed by atoms with van der Waals surface area (Å²) in [7, 11) is 0. The second-order valence-corrected chi connectivity index (χ2v) is 9.21. The quantitative estimate of drug-likeness (QED) is 0.610. The number of hydrogen-bond donors (Lipinski definition) is 2. The number of hydrogen-bond acceptors (Lipinski definition) is 4. The van der Waals surface area contributed by atoms with Gasteiger partial charge in [-0.25, -0.2) is 18.4 Å². The SMILES string of the molecule is CC[C@H](C)[C@H](NC(=O)OCC1c2ccccc2-c2ccccc21)C(=O)N1CC(F)(F)C[C@H]1C(=O)O. The minimum Gasteiger partial charge on any atom is -0.480 e. The molecule has 2 N–H and O–H groups in total. The molecule has 1 aliphatic heterocycles. The molecule has 2 aliphatic rings. The molecular weight excluding hydrogens is 458 g/mol. The van der Waals surface area contributed by atoms with Gasteiger partial charge in [-0.2, -0.15) is 0 Å². The molecule has 0 aromatic heterocycles. The Labute approximate surface area is 202 Å². The average molecular weight is 487 g/mol. The van der Waals surface area contributed by atoms with Crippen LogP contribution in [0.15, 0.2) is 48.5 Å². The molecular formula is C26H28F2N2O5. The maximum Gasteiger partial charge on any atom is 0.407 e. The van der Waals surface area contributed by atoms with Crippen molar-refractivity contribution in [1.29, 1.82) is 0 Å². The molecule has 2 amide bonds. The van der Waals surface area contributed by atoms with E-state index in [2.05, 4.69) is 5.32 Å². The van der Waals surface area contributed by atoms with Gasteiger partial charge in [0.25, 0.3) is 5.92 Å². The number of nitrogens with one attached hydrogen (secondary N) is 1. The van der Waals surface area contributed by atoms with Gasteiger partial charge >= 0.3 is 12.1 Å². The van der Waals surface area contributed by atoms with Crippen LogP contribution in [0.2, 0.25) is 0 Å². The van der Waals surface area contributed by atoms with Gasteiger partial charge in [0.2, 0.25) is 5.91 Å². The molecule has 2 aromatic carbocycles. The van der Waals surface area contributed by atoms with Gasteiger partial charge in [-0.15, -0.1) is 0 Å². The van der Waals surface area contributed by atoms with Gasteiger partial charge in [0.15, 0.2) is 0 Å². The zero-order chi connectivity index (χ0) is 25.3. The smallest absolute Gasteiger partial charge is 0.407 e. The molecule has 186 valence electrons. The molecule has 0 saturated carbocycles. The molecule has 0 spiro atoms. The third-order valence-corrected chi connectivity index (χ3v) is 6.93. The fourth-order valence-electron chi connectivity index (χ4n) is 4.90. The topological polar surface area (TPSA) is 95.9 Å². The summed E-state index contributed by atoms with van der Waals surface area (Å²) in [4.78, 5) is 38.0. The highest BCUT2D eigenvalue weighted by Gasteiger charge is 2.51. The lowest BCUT2D eigenvalue weighted by molar-refractivity contribution is -0.149. The van der Waals surface area contributed by atoms with E-state index in [1.165, 1.54) is 0 Å². The summed E-state index contributed by atoms with van der Waals surface area (Å²) in [5, 5.41) is 11.9. The van der Waals surface area contributed by atoms with E-state index in [-0.39, 0.29) is 12.5 Å². The molecule has 1 heterocycles. The van der Waals surface area contributed by atoms with E-state index in [0.29, 0.717) is 11.3 Å². The van der Waals surface area contributed by atoms with Crippen molar-refractivity contribution in [2.45, 2.75) is 50.6 Å². The number of carboxylic acids is 1. The Hall–Kier alpha value is -3.49. The lowest BCUT2D eigenvalue weighted by atomic mass is 9.97. The first kappa shape index (κ1) is 24.6. The lowest BCUT2D eigenvalue weighted by Gasteiger charge is -2.30. The van der Waals surface area contributed by atoms with E-state index < -0.39 is 54.9 Å². The van der Waals surface area contributed by atoms with Crippen LogP contribution in [0.25, 0.3) is 11.1 Å². The second-order valence-electron chi connectivity index (χ2n) is 9.21. The minimum absolute atomic E-state index is 0.0286. The van der Waals surface area contributed by atoms with Gasteiger partial charge < -0.3 is 20.1 Å². The Bertz CT molecular complexity index is 1090. The molecule has 7 nitrogen and oxygen atoms in total. The normalized spacial score (nSPS) is 20.0. The fraction of sp³-hybridized carbons (Fsp3) is 0.423. The summed E-state index contributed by atoms with van der Waals surface area (Å²) in [6.07, 6.45) is -1.35. The summed E-state index contributed by atoms with van der Waals surface area (Å²) >= 11 is 0. The van der Waals surface area contributed by atoms with Crippen molar-refractivity contribution in [3.63, 3.8) is 0 Å². The van der Waals surface area contributed by atoms with Crippen molar-refractivity contribution in [1.82, 2.24) is 10.2 Å². The van der Waals surface area contributed by atoms with E-state index in [1.807, 2.05) is 48.5 Å². The van der Waals surface area contributed by atoms with Crippen LogP contribution in [0.3, 0.4) is 0 Å². The average Bonchev–Trinajstić information content (AvgIpc) is 3.34. The number of alkyl halides is 2.